The number of aromatic nitrogens is 1. The molecule has 2 heterocycles. The number of ether oxygens (including phenoxy) is 1. The van der Waals surface area contributed by atoms with Crippen LogP contribution in [-0.4, -0.2) is 52.6 Å². The SMILES string of the molecule is Cc1c(CN2CCC(NC(=O)COCc3nc(N)c(C(=O)O)cc3F)CC2)ccc(Cl)c1Cl. The fourth-order valence-corrected chi connectivity index (χ4v) is 4.05. The Morgan fingerprint density at radius 1 is 1.33 bits per heavy atom. The van der Waals surface area contributed by atoms with Crippen LogP contribution in [0.4, 0.5) is 10.2 Å². The Labute approximate surface area is 200 Å². The average molecular weight is 499 g/mol. The van der Waals surface area contributed by atoms with E-state index in [1.165, 1.54) is 0 Å². The van der Waals surface area contributed by atoms with Crippen LogP contribution in [0.5, 0.6) is 0 Å². The molecular weight excluding hydrogens is 474 g/mol. The van der Waals surface area contributed by atoms with Gasteiger partial charge in [0.1, 0.15) is 29.5 Å². The molecule has 178 valence electrons. The summed E-state index contributed by atoms with van der Waals surface area (Å²) in [4.78, 5) is 29.1. The molecule has 1 aliphatic rings. The number of rotatable bonds is 8. The van der Waals surface area contributed by atoms with Crippen molar-refractivity contribution in [1.82, 2.24) is 15.2 Å². The quantitative estimate of drug-likeness (QED) is 0.510. The molecule has 8 nitrogen and oxygen atoms in total. The molecule has 1 aliphatic heterocycles. The smallest absolute Gasteiger partial charge is 0.339 e. The molecule has 0 aliphatic carbocycles. The van der Waals surface area contributed by atoms with Crippen molar-refractivity contribution >= 4 is 40.9 Å². The summed E-state index contributed by atoms with van der Waals surface area (Å²) >= 11 is 12.3. The maximum Gasteiger partial charge on any atom is 0.339 e. The van der Waals surface area contributed by atoms with Gasteiger partial charge in [0.2, 0.25) is 5.91 Å². The van der Waals surface area contributed by atoms with Gasteiger partial charge in [0.05, 0.1) is 16.7 Å². The normalized spacial score (nSPS) is 14.9. The zero-order chi connectivity index (χ0) is 24.1. The number of amides is 1. The lowest BCUT2D eigenvalue weighted by Crippen LogP contribution is -2.45. The van der Waals surface area contributed by atoms with Crippen molar-refractivity contribution in [2.24, 2.45) is 0 Å². The third-order valence-electron chi connectivity index (χ3n) is 5.58. The number of nitrogens with two attached hydrogens (primary N) is 1. The van der Waals surface area contributed by atoms with Gasteiger partial charge in [0, 0.05) is 25.7 Å². The van der Waals surface area contributed by atoms with E-state index in [-0.39, 0.29) is 36.7 Å². The lowest BCUT2D eigenvalue weighted by Gasteiger charge is -2.32. The topological polar surface area (TPSA) is 118 Å². The number of hydrogen-bond acceptors (Lipinski definition) is 6. The monoisotopic (exact) mass is 498 g/mol. The Balaban J connectivity index is 1.41. The Morgan fingerprint density at radius 2 is 2.03 bits per heavy atom. The number of pyridine rings is 1. The average Bonchev–Trinajstić information content (AvgIpc) is 2.77. The fourth-order valence-electron chi connectivity index (χ4n) is 3.66. The number of nitrogen functional groups attached to an aromatic ring is 1. The molecule has 1 saturated heterocycles. The summed E-state index contributed by atoms with van der Waals surface area (Å²) in [6, 6.07) is 4.59. The second-order valence-electron chi connectivity index (χ2n) is 7.91. The van der Waals surface area contributed by atoms with Crippen molar-refractivity contribution in [2.45, 2.75) is 39.0 Å². The predicted octanol–water partition coefficient (Wildman–Crippen LogP) is 3.41. The van der Waals surface area contributed by atoms with Gasteiger partial charge in [-0.1, -0.05) is 29.3 Å². The zero-order valence-electron chi connectivity index (χ0n) is 18.0. The number of benzene rings is 1. The van der Waals surface area contributed by atoms with Crippen LogP contribution >= 0.6 is 23.2 Å². The van der Waals surface area contributed by atoms with E-state index in [1.54, 1.807) is 6.07 Å². The van der Waals surface area contributed by atoms with Gasteiger partial charge in [-0.25, -0.2) is 14.2 Å². The van der Waals surface area contributed by atoms with E-state index >= 15 is 0 Å². The molecule has 1 aromatic carbocycles. The van der Waals surface area contributed by atoms with Gasteiger partial charge in [0.25, 0.3) is 0 Å². The number of halogens is 3. The molecule has 4 N–H and O–H groups in total. The number of nitrogens with one attached hydrogen (secondary N) is 1. The van der Waals surface area contributed by atoms with E-state index in [2.05, 4.69) is 15.2 Å². The van der Waals surface area contributed by atoms with E-state index in [0.29, 0.717) is 10.0 Å². The summed E-state index contributed by atoms with van der Waals surface area (Å²) in [5, 5.41) is 13.0. The molecule has 1 amide bonds. The minimum absolute atomic E-state index is 0.0209. The molecule has 1 aromatic heterocycles. The summed E-state index contributed by atoms with van der Waals surface area (Å²) in [7, 11) is 0. The minimum Gasteiger partial charge on any atom is -0.478 e. The fraction of sp³-hybridized carbons (Fsp3) is 0.409. The number of carbonyl (C=O) groups excluding carboxylic acids is 1. The Hall–Kier alpha value is -2.46. The van der Waals surface area contributed by atoms with Gasteiger partial charge in [-0.05, 0) is 43.0 Å². The zero-order valence-corrected chi connectivity index (χ0v) is 19.5. The Bertz CT molecular complexity index is 1050. The largest absolute Gasteiger partial charge is 0.478 e. The van der Waals surface area contributed by atoms with E-state index in [0.717, 1.165) is 49.7 Å². The lowest BCUT2D eigenvalue weighted by atomic mass is 10.0. The summed E-state index contributed by atoms with van der Waals surface area (Å²) in [6.07, 6.45) is 1.57. The highest BCUT2D eigenvalue weighted by Gasteiger charge is 2.22. The van der Waals surface area contributed by atoms with Crippen molar-refractivity contribution in [1.29, 1.82) is 0 Å². The first-order chi connectivity index (χ1) is 15.7. The molecular formula is C22H25Cl2FN4O4. The third-order valence-corrected chi connectivity index (χ3v) is 6.48. The minimum atomic E-state index is -1.37. The first-order valence-corrected chi connectivity index (χ1v) is 11.1. The second-order valence-corrected chi connectivity index (χ2v) is 8.70. The van der Waals surface area contributed by atoms with Crippen LogP contribution in [0.25, 0.3) is 0 Å². The maximum absolute atomic E-state index is 14.0. The van der Waals surface area contributed by atoms with Gasteiger partial charge >= 0.3 is 5.97 Å². The molecule has 0 radical (unpaired) electrons. The number of hydrogen-bond donors (Lipinski definition) is 3. The van der Waals surface area contributed by atoms with Crippen LogP contribution in [0.2, 0.25) is 10.0 Å². The van der Waals surface area contributed by atoms with E-state index < -0.39 is 17.3 Å². The van der Waals surface area contributed by atoms with Gasteiger partial charge in [-0.3, -0.25) is 9.69 Å². The maximum atomic E-state index is 14.0. The standard InChI is InChI=1S/C22H25Cl2FN4O4/c1-12-13(2-3-16(23)20(12)24)9-29-6-4-14(5-7-29)27-19(30)11-33-10-18-17(25)8-15(22(31)32)21(26)28-18/h2-3,8,14H,4-7,9-11H2,1H3,(H2,26,28)(H,27,30)(H,31,32). The second kappa shape index (κ2) is 11.1. The van der Waals surface area contributed by atoms with Crippen molar-refractivity contribution in [3.8, 4) is 0 Å². The predicted molar refractivity (Wildman–Crippen MR) is 123 cm³/mol. The number of likely N-dealkylation sites (tertiary alicyclic amines) is 1. The molecule has 0 spiro atoms. The highest BCUT2D eigenvalue weighted by Crippen LogP contribution is 2.29. The highest BCUT2D eigenvalue weighted by atomic mass is 35.5. The number of carboxylic acids is 1. The lowest BCUT2D eigenvalue weighted by molar-refractivity contribution is -0.127. The molecule has 3 rings (SSSR count). The first-order valence-electron chi connectivity index (χ1n) is 10.4. The number of carbonyl (C=O) groups is 2. The van der Waals surface area contributed by atoms with Crippen LogP contribution < -0.4 is 11.1 Å². The van der Waals surface area contributed by atoms with Gasteiger partial charge in [-0.2, -0.15) is 0 Å². The number of carboxylic acid groups (broad SMARTS) is 1. The highest BCUT2D eigenvalue weighted by molar-refractivity contribution is 6.42. The summed E-state index contributed by atoms with van der Waals surface area (Å²) in [6.45, 7) is 3.77. The Kier molecular flexibility index (Phi) is 8.47. The molecule has 0 saturated carbocycles. The van der Waals surface area contributed by atoms with Crippen molar-refractivity contribution in [2.75, 3.05) is 25.4 Å². The summed E-state index contributed by atoms with van der Waals surface area (Å²) in [5.41, 5.74) is 7.04. The molecule has 11 heteroatoms. The number of piperidine rings is 1. The summed E-state index contributed by atoms with van der Waals surface area (Å²) < 4.78 is 19.2. The molecule has 2 aromatic rings. The van der Waals surface area contributed by atoms with E-state index in [9.17, 15) is 14.0 Å². The van der Waals surface area contributed by atoms with Crippen molar-refractivity contribution < 1.29 is 23.8 Å². The molecule has 33 heavy (non-hydrogen) atoms. The van der Waals surface area contributed by atoms with Crippen molar-refractivity contribution in [3.05, 3.63) is 56.4 Å². The number of anilines is 1. The Morgan fingerprint density at radius 3 is 2.70 bits per heavy atom. The van der Waals surface area contributed by atoms with E-state index in [1.807, 2.05) is 13.0 Å². The molecule has 0 bridgehead atoms. The van der Waals surface area contributed by atoms with Crippen LogP contribution in [0.1, 0.15) is 40.0 Å². The van der Waals surface area contributed by atoms with Crippen LogP contribution in [-0.2, 0) is 22.7 Å². The third kappa shape index (κ3) is 6.54. The number of nitrogens with zero attached hydrogens (tertiary/aromatic N) is 2. The van der Waals surface area contributed by atoms with Crippen LogP contribution in [0, 0.1) is 12.7 Å². The molecule has 1 fully saturated rings. The molecule has 0 atom stereocenters. The molecule has 0 unspecified atom stereocenters. The van der Waals surface area contributed by atoms with Gasteiger partial charge in [0.15, 0.2) is 0 Å². The van der Waals surface area contributed by atoms with Crippen molar-refractivity contribution in [3.63, 3.8) is 0 Å². The number of aromatic carboxylic acids is 1. The van der Waals surface area contributed by atoms with Crippen LogP contribution in [0.3, 0.4) is 0 Å². The van der Waals surface area contributed by atoms with E-state index in [4.69, 9.17) is 38.8 Å². The van der Waals surface area contributed by atoms with Crippen LogP contribution in [0.15, 0.2) is 18.2 Å². The first kappa shape index (κ1) is 25.2. The van der Waals surface area contributed by atoms with Gasteiger partial charge in [-0.15, -0.1) is 0 Å². The van der Waals surface area contributed by atoms with Gasteiger partial charge < -0.3 is 20.9 Å². The summed E-state index contributed by atoms with van der Waals surface area (Å²) in [5.74, 6) is -2.85.